The van der Waals surface area contributed by atoms with E-state index in [1.54, 1.807) is 18.6 Å². The van der Waals surface area contributed by atoms with Gasteiger partial charge in [-0.15, -0.1) is 11.3 Å². The van der Waals surface area contributed by atoms with Gasteiger partial charge in [0.2, 0.25) is 0 Å². The fourth-order valence-corrected chi connectivity index (χ4v) is 6.88. The molecule has 1 spiro atoms. The second-order valence-corrected chi connectivity index (χ2v) is 11.3. The molecule has 0 aliphatic carbocycles. The Morgan fingerprint density at radius 2 is 1.94 bits per heavy atom. The molecule has 6 rings (SSSR count). The third-order valence-electron chi connectivity index (χ3n) is 7.19. The van der Waals surface area contributed by atoms with Crippen LogP contribution < -0.4 is 4.90 Å². The molecule has 5 heterocycles. The summed E-state index contributed by atoms with van der Waals surface area (Å²) in [5, 5.41) is 1.42. The van der Waals surface area contributed by atoms with Crippen LogP contribution in [0.5, 0.6) is 0 Å². The lowest BCUT2D eigenvalue weighted by atomic mass is 9.86. The number of hydrogen-bond acceptors (Lipinski definition) is 6. The number of fused-ring (bicyclic) bond motifs is 1. The minimum Gasteiger partial charge on any atom is -0.355 e. The Morgan fingerprint density at radius 3 is 2.72 bits per heavy atom. The molecule has 0 saturated carbocycles. The Kier molecular flexibility index (Phi) is 5.93. The molecule has 11 heteroatoms. The number of aromatic nitrogens is 4. The number of benzene rings is 1. The van der Waals surface area contributed by atoms with Crippen LogP contribution in [0, 0.1) is 5.41 Å². The van der Waals surface area contributed by atoms with Gasteiger partial charge in [0.05, 0.1) is 28.8 Å². The van der Waals surface area contributed by atoms with Crippen LogP contribution in [0.15, 0.2) is 49.3 Å². The number of thiophene rings is 1. The molecule has 2 aliphatic heterocycles. The molecule has 2 saturated heterocycles. The highest BCUT2D eigenvalue weighted by Crippen LogP contribution is 2.43. The third-order valence-corrected chi connectivity index (χ3v) is 8.54. The molecule has 2 fully saturated rings. The first-order valence-corrected chi connectivity index (χ1v) is 13.0. The average Bonchev–Trinajstić information content (AvgIpc) is 3.61. The first kappa shape index (κ1) is 23.7. The molecular formula is C25H24ClF3N6S. The maximum atomic E-state index is 12.9. The molecule has 2 aliphatic rings. The Bertz CT molecular complexity index is 1390. The van der Waals surface area contributed by atoms with Gasteiger partial charge in [-0.25, -0.2) is 15.0 Å². The van der Waals surface area contributed by atoms with Crippen LogP contribution in [-0.2, 0) is 13.0 Å². The van der Waals surface area contributed by atoms with Gasteiger partial charge >= 0.3 is 6.18 Å². The summed E-state index contributed by atoms with van der Waals surface area (Å²) < 4.78 is 40.6. The molecule has 1 atom stereocenters. The van der Waals surface area contributed by atoms with Crippen LogP contribution in [0.2, 0.25) is 5.02 Å². The molecule has 3 aromatic heterocycles. The van der Waals surface area contributed by atoms with E-state index in [2.05, 4.69) is 30.8 Å². The molecule has 0 unspecified atom stereocenters. The van der Waals surface area contributed by atoms with Gasteiger partial charge in [0.1, 0.15) is 17.0 Å². The van der Waals surface area contributed by atoms with E-state index in [1.807, 2.05) is 22.9 Å². The molecule has 36 heavy (non-hydrogen) atoms. The lowest BCUT2D eigenvalue weighted by molar-refractivity contribution is -0.126. The first-order valence-electron chi connectivity index (χ1n) is 11.8. The number of nitrogens with zero attached hydrogens (tertiary/aromatic N) is 6. The van der Waals surface area contributed by atoms with Crippen molar-refractivity contribution in [3.8, 4) is 5.69 Å². The van der Waals surface area contributed by atoms with Crippen molar-refractivity contribution in [1.29, 1.82) is 0 Å². The van der Waals surface area contributed by atoms with Gasteiger partial charge < -0.3 is 9.47 Å². The second-order valence-electron chi connectivity index (χ2n) is 9.81. The third kappa shape index (κ3) is 4.69. The van der Waals surface area contributed by atoms with Gasteiger partial charge in [0, 0.05) is 48.9 Å². The maximum absolute atomic E-state index is 12.9. The SMILES string of the molecule is FC(F)(F)Cc1cc2c(N3CC[C@]4(CCN(Cc5ccc(-n6ccnc6)c(Cl)c5)C4)C3)ncnc2s1. The van der Waals surface area contributed by atoms with Crippen molar-refractivity contribution in [2.45, 2.75) is 32.0 Å². The summed E-state index contributed by atoms with van der Waals surface area (Å²) >= 11 is 7.65. The van der Waals surface area contributed by atoms with E-state index in [9.17, 15) is 13.2 Å². The lowest BCUT2D eigenvalue weighted by Crippen LogP contribution is -2.31. The Balaban J connectivity index is 1.14. The average molecular weight is 533 g/mol. The van der Waals surface area contributed by atoms with Crippen molar-refractivity contribution in [1.82, 2.24) is 24.4 Å². The summed E-state index contributed by atoms with van der Waals surface area (Å²) in [4.78, 5) is 18.4. The van der Waals surface area contributed by atoms with Gasteiger partial charge in [-0.05, 0) is 43.1 Å². The summed E-state index contributed by atoms with van der Waals surface area (Å²) in [6, 6.07) is 7.78. The van der Waals surface area contributed by atoms with Gasteiger partial charge in [-0.3, -0.25) is 4.90 Å². The fourth-order valence-electron chi connectivity index (χ4n) is 5.56. The number of hydrogen-bond donors (Lipinski definition) is 0. The van der Waals surface area contributed by atoms with E-state index in [0.29, 0.717) is 9.85 Å². The van der Waals surface area contributed by atoms with Crippen LogP contribution >= 0.6 is 22.9 Å². The van der Waals surface area contributed by atoms with Crippen molar-refractivity contribution < 1.29 is 13.2 Å². The second kappa shape index (κ2) is 9.00. The van der Waals surface area contributed by atoms with Gasteiger partial charge in [0.15, 0.2) is 0 Å². The van der Waals surface area contributed by atoms with Crippen molar-refractivity contribution >= 4 is 39.0 Å². The van der Waals surface area contributed by atoms with Crippen molar-refractivity contribution in [2.75, 3.05) is 31.1 Å². The topological polar surface area (TPSA) is 50.1 Å². The number of imidazole rings is 1. The van der Waals surface area contributed by atoms with Crippen molar-refractivity contribution in [3.05, 3.63) is 64.8 Å². The van der Waals surface area contributed by atoms with Gasteiger partial charge in [0.25, 0.3) is 0 Å². The highest BCUT2D eigenvalue weighted by Gasteiger charge is 2.44. The van der Waals surface area contributed by atoms with Crippen molar-refractivity contribution in [3.63, 3.8) is 0 Å². The summed E-state index contributed by atoms with van der Waals surface area (Å²) in [6.45, 7) is 4.49. The van der Waals surface area contributed by atoms with E-state index in [1.165, 1.54) is 11.9 Å². The molecule has 0 bridgehead atoms. The normalized spacial score (nSPS) is 20.8. The Labute approximate surface area is 215 Å². The van der Waals surface area contributed by atoms with E-state index in [0.717, 1.165) is 73.8 Å². The standard InChI is InChI=1S/C25H24ClF3N6S/c26-20-9-17(1-2-21(20)35-8-5-30-16-35)12-33-6-3-24(13-33)4-7-34(14-24)22-19-10-18(11-25(27,28)29)36-23(19)32-15-31-22/h1-2,5,8-10,15-16H,3-4,6-7,11-14H2/t24-/m0/s1. The van der Waals surface area contributed by atoms with E-state index >= 15 is 0 Å². The summed E-state index contributed by atoms with van der Waals surface area (Å²) in [5.41, 5.74) is 2.23. The van der Waals surface area contributed by atoms with Crippen LogP contribution in [0.3, 0.4) is 0 Å². The van der Waals surface area contributed by atoms with Crippen molar-refractivity contribution in [2.24, 2.45) is 5.41 Å². The minimum absolute atomic E-state index is 0.155. The number of alkyl halides is 3. The Hall–Kier alpha value is -2.69. The molecule has 0 amide bonds. The Morgan fingerprint density at radius 1 is 1.08 bits per heavy atom. The smallest absolute Gasteiger partial charge is 0.355 e. The predicted molar refractivity (Wildman–Crippen MR) is 135 cm³/mol. The number of rotatable bonds is 5. The quantitative estimate of drug-likeness (QED) is 0.328. The molecular weight excluding hydrogens is 509 g/mol. The number of likely N-dealkylation sites (tertiary alicyclic amines) is 1. The zero-order valence-electron chi connectivity index (χ0n) is 19.4. The molecule has 4 aromatic rings. The minimum atomic E-state index is -4.23. The number of anilines is 1. The van der Waals surface area contributed by atoms with Crippen LogP contribution in [0.25, 0.3) is 15.9 Å². The molecule has 1 aromatic carbocycles. The monoisotopic (exact) mass is 532 g/mol. The zero-order valence-corrected chi connectivity index (χ0v) is 21.0. The summed E-state index contributed by atoms with van der Waals surface area (Å²) in [7, 11) is 0. The van der Waals surface area contributed by atoms with Crippen LogP contribution in [0.1, 0.15) is 23.3 Å². The largest absolute Gasteiger partial charge is 0.393 e. The van der Waals surface area contributed by atoms with Crippen LogP contribution in [-0.4, -0.2) is 56.8 Å². The first-order chi connectivity index (χ1) is 17.3. The molecule has 6 nitrogen and oxygen atoms in total. The fraction of sp³-hybridized carbons (Fsp3) is 0.400. The van der Waals surface area contributed by atoms with Gasteiger partial charge in [-0.1, -0.05) is 17.7 Å². The summed E-state index contributed by atoms with van der Waals surface area (Å²) in [6.07, 6.45) is 3.75. The highest BCUT2D eigenvalue weighted by atomic mass is 35.5. The predicted octanol–water partition coefficient (Wildman–Crippen LogP) is 5.74. The molecule has 0 radical (unpaired) electrons. The highest BCUT2D eigenvalue weighted by molar-refractivity contribution is 7.18. The van der Waals surface area contributed by atoms with E-state index in [4.69, 9.17) is 11.6 Å². The zero-order chi connectivity index (χ0) is 24.9. The lowest BCUT2D eigenvalue weighted by Gasteiger charge is -2.25. The van der Waals surface area contributed by atoms with E-state index < -0.39 is 12.6 Å². The van der Waals surface area contributed by atoms with E-state index in [-0.39, 0.29) is 10.3 Å². The molecule has 188 valence electrons. The maximum Gasteiger partial charge on any atom is 0.393 e. The van der Waals surface area contributed by atoms with Crippen LogP contribution in [0.4, 0.5) is 19.0 Å². The molecule has 0 N–H and O–H groups in total. The number of halogens is 4. The van der Waals surface area contributed by atoms with Gasteiger partial charge in [-0.2, -0.15) is 13.2 Å². The summed E-state index contributed by atoms with van der Waals surface area (Å²) in [5.74, 6) is 0.752.